The normalized spacial score (nSPS) is 21.3. The summed E-state index contributed by atoms with van der Waals surface area (Å²) in [5.74, 6) is 0. The molecule has 0 amide bonds. The first-order chi connectivity index (χ1) is 6.77. The molecule has 0 unspecified atom stereocenters. The molecule has 0 atom stereocenters. The average molecular weight is 186 g/mol. The van der Waals surface area contributed by atoms with E-state index in [-0.39, 0.29) is 0 Å². The van der Waals surface area contributed by atoms with Crippen LogP contribution in [0.2, 0.25) is 0 Å². The highest BCUT2D eigenvalue weighted by atomic mass is 14.5. The van der Waals surface area contributed by atoms with Crippen molar-refractivity contribution in [1.29, 1.82) is 0 Å². The Morgan fingerprint density at radius 2 is 2.00 bits per heavy atom. The minimum Gasteiger partial charge on any atom is -0.0613 e. The highest BCUT2D eigenvalue weighted by Crippen LogP contribution is 2.55. The van der Waals surface area contributed by atoms with E-state index in [1.165, 1.54) is 37.7 Å². The van der Waals surface area contributed by atoms with E-state index in [0.717, 1.165) is 0 Å². The van der Waals surface area contributed by atoms with Gasteiger partial charge in [-0.2, -0.15) is 0 Å². The third-order valence-corrected chi connectivity index (χ3v) is 4.30. The molecule has 0 N–H and O–H groups in total. The van der Waals surface area contributed by atoms with Gasteiger partial charge in [-0.25, -0.2) is 0 Å². The fourth-order valence-electron chi connectivity index (χ4n) is 3.23. The molecule has 2 bridgehead atoms. The van der Waals surface area contributed by atoms with Crippen molar-refractivity contribution in [1.82, 2.24) is 0 Å². The summed E-state index contributed by atoms with van der Waals surface area (Å²) in [4.78, 5) is 0. The van der Waals surface area contributed by atoms with Crippen LogP contribution in [0, 0.1) is 6.92 Å². The first-order valence-corrected chi connectivity index (χ1v) is 5.89. The summed E-state index contributed by atoms with van der Waals surface area (Å²) in [6, 6.07) is 4.74. The van der Waals surface area contributed by atoms with Crippen molar-refractivity contribution in [2.45, 2.75) is 51.4 Å². The SMILES string of the molecule is CCc1c2ccc(C)c1CCC21CC1. The lowest BCUT2D eigenvalue weighted by atomic mass is 9.76. The molecule has 3 rings (SSSR count). The van der Waals surface area contributed by atoms with Crippen LogP contribution >= 0.6 is 0 Å². The van der Waals surface area contributed by atoms with Crippen molar-refractivity contribution in [2.24, 2.45) is 0 Å². The Morgan fingerprint density at radius 3 is 2.64 bits per heavy atom. The zero-order chi connectivity index (χ0) is 9.76. The predicted octanol–water partition coefficient (Wildman–Crippen LogP) is 3.54. The van der Waals surface area contributed by atoms with Gasteiger partial charge in [0.25, 0.3) is 0 Å². The third-order valence-electron chi connectivity index (χ3n) is 4.30. The van der Waals surface area contributed by atoms with Gasteiger partial charge in [-0.1, -0.05) is 19.1 Å². The summed E-state index contributed by atoms with van der Waals surface area (Å²) in [7, 11) is 0. The Bertz CT molecular complexity index is 383. The van der Waals surface area contributed by atoms with Crippen LogP contribution in [0.1, 0.15) is 48.4 Å². The van der Waals surface area contributed by atoms with Crippen LogP contribution in [-0.2, 0) is 18.3 Å². The fourth-order valence-corrected chi connectivity index (χ4v) is 3.23. The number of aryl methyl sites for hydroxylation is 1. The Hall–Kier alpha value is -0.780. The summed E-state index contributed by atoms with van der Waals surface area (Å²) in [5, 5.41) is 0. The minimum absolute atomic E-state index is 0.645. The van der Waals surface area contributed by atoms with Crippen molar-refractivity contribution in [3.05, 3.63) is 34.4 Å². The van der Waals surface area contributed by atoms with Crippen LogP contribution in [0.5, 0.6) is 0 Å². The second-order valence-electron chi connectivity index (χ2n) is 5.02. The average Bonchev–Trinajstić information content (AvgIpc) is 2.96. The molecule has 1 spiro atoms. The molecule has 0 heterocycles. The molecule has 0 heteroatoms. The van der Waals surface area contributed by atoms with Crippen LogP contribution in [0.25, 0.3) is 0 Å². The van der Waals surface area contributed by atoms with Crippen molar-refractivity contribution in [3.8, 4) is 0 Å². The van der Waals surface area contributed by atoms with Crippen molar-refractivity contribution >= 4 is 0 Å². The van der Waals surface area contributed by atoms with Crippen LogP contribution in [0.15, 0.2) is 12.1 Å². The highest BCUT2D eigenvalue weighted by Gasteiger charge is 2.47. The van der Waals surface area contributed by atoms with Crippen LogP contribution < -0.4 is 0 Å². The fraction of sp³-hybridized carbons (Fsp3) is 0.571. The Morgan fingerprint density at radius 1 is 1.21 bits per heavy atom. The number of benzene rings is 1. The van der Waals surface area contributed by atoms with E-state index >= 15 is 0 Å². The molecular formula is C14H18. The Balaban J connectivity index is 2.24. The van der Waals surface area contributed by atoms with E-state index in [1.807, 2.05) is 0 Å². The van der Waals surface area contributed by atoms with E-state index in [4.69, 9.17) is 0 Å². The molecule has 0 nitrogen and oxygen atoms in total. The lowest BCUT2D eigenvalue weighted by Gasteiger charge is -2.29. The van der Waals surface area contributed by atoms with E-state index < -0.39 is 0 Å². The molecule has 1 aromatic rings. The van der Waals surface area contributed by atoms with Gasteiger partial charge in [0.15, 0.2) is 0 Å². The molecule has 74 valence electrons. The first kappa shape index (κ1) is 8.52. The molecule has 0 aliphatic heterocycles. The Kier molecular flexibility index (Phi) is 1.60. The summed E-state index contributed by atoms with van der Waals surface area (Å²) >= 11 is 0. The van der Waals surface area contributed by atoms with Gasteiger partial charge in [0.1, 0.15) is 0 Å². The minimum atomic E-state index is 0.645. The van der Waals surface area contributed by atoms with E-state index in [9.17, 15) is 0 Å². The maximum atomic E-state index is 2.41. The van der Waals surface area contributed by atoms with Crippen LogP contribution in [0.3, 0.4) is 0 Å². The lowest BCUT2D eigenvalue weighted by molar-refractivity contribution is 0.582. The van der Waals surface area contributed by atoms with Crippen molar-refractivity contribution in [3.63, 3.8) is 0 Å². The number of fused-ring (bicyclic) bond motifs is 3. The molecule has 2 aliphatic carbocycles. The van der Waals surface area contributed by atoms with Crippen molar-refractivity contribution in [2.75, 3.05) is 0 Å². The van der Waals surface area contributed by atoms with Gasteiger partial charge in [-0.3, -0.25) is 0 Å². The highest BCUT2D eigenvalue weighted by molar-refractivity contribution is 5.49. The largest absolute Gasteiger partial charge is 0.0613 e. The third kappa shape index (κ3) is 0.945. The molecule has 0 radical (unpaired) electrons. The standard InChI is InChI=1S/C14H18/c1-3-11-12-6-7-14(8-9-14)13(11)5-4-10(12)2/h4-5H,3,6-9H2,1-2H3. The molecule has 14 heavy (non-hydrogen) atoms. The summed E-state index contributed by atoms with van der Waals surface area (Å²) < 4.78 is 0. The molecule has 1 saturated carbocycles. The molecule has 0 aromatic heterocycles. The molecule has 0 saturated heterocycles. The van der Waals surface area contributed by atoms with Gasteiger partial charge in [0, 0.05) is 0 Å². The number of rotatable bonds is 1. The quantitative estimate of drug-likeness (QED) is 0.629. The second-order valence-corrected chi connectivity index (χ2v) is 5.02. The van der Waals surface area contributed by atoms with Gasteiger partial charge in [0.2, 0.25) is 0 Å². The Labute approximate surface area is 86.3 Å². The van der Waals surface area contributed by atoms with Crippen molar-refractivity contribution < 1.29 is 0 Å². The number of hydrogen-bond donors (Lipinski definition) is 0. The van der Waals surface area contributed by atoms with E-state index in [1.54, 1.807) is 16.7 Å². The molecule has 1 aromatic carbocycles. The maximum Gasteiger partial charge on any atom is -0.00403 e. The zero-order valence-electron chi connectivity index (χ0n) is 9.19. The predicted molar refractivity (Wildman–Crippen MR) is 59.8 cm³/mol. The maximum absolute atomic E-state index is 2.41. The number of hydrogen-bond acceptors (Lipinski definition) is 0. The monoisotopic (exact) mass is 186 g/mol. The van der Waals surface area contributed by atoms with Crippen LogP contribution in [-0.4, -0.2) is 0 Å². The van der Waals surface area contributed by atoms with Gasteiger partial charge in [0.05, 0.1) is 0 Å². The lowest BCUT2D eigenvalue weighted by Crippen LogP contribution is -2.19. The molecule has 1 fully saturated rings. The van der Waals surface area contributed by atoms with Gasteiger partial charge >= 0.3 is 0 Å². The summed E-state index contributed by atoms with van der Waals surface area (Å²) in [5.41, 5.74) is 7.22. The molecular weight excluding hydrogens is 168 g/mol. The smallest absolute Gasteiger partial charge is 0.00403 e. The van der Waals surface area contributed by atoms with Gasteiger partial charge < -0.3 is 0 Å². The topological polar surface area (TPSA) is 0 Å². The second kappa shape index (κ2) is 2.62. The summed E-state index contributed by atoms with van der Waals surface area (Å²) in [6.45, 7) is 4.58. The van der Waals surface area contributed by atoms with E-state index in [2.05, 4.69) is 26.0 Å². The zero-order valence-corrected chi connectivity index (χ0v) is 9.19. The molecule has 2 aliphatic rings. The summed E-state index contributed by atoms with van der Waals surface area (Å²) in [6.07, 6.45) is 6.88. The van der Waals surface area contributed by atoms with E-state index in [0.29, 0.717) is 5.41 Å². The first-order valence-electron chi connectivity index (χ1n) is 5.89. The van der Waals surface area contributed by atoms with Gasteiger partial charge in [-0.15, -0.1) is 0 Å². The van der Waals surface area contributed by atoms with Crippen LogP contribution in [0.4, 0.5) is 0 Å². The van der Waals surface area contributed by atoms with Gasteiger partial charge in [-0.05, 0) is 66.7 Å².